The van der Waals surface area contributed by atoms with Crippen LogP contribution in [0.1, 0.15) is 28.4 Å². The first-order chi connectivity index (χ1) is 16.7. The first-order valence-corrected chi connectivity index (χ1v) is 11.7. The van der Waals surface area contributed by atoms with E-state index in [1.165, 1.54) is 5.56 Å². The molecule has 1 amide bonds. The fourth-order valence-corrected chi connectivity index (χ4v) is 4.11. The molecule has 3 aromatic carbocycles. The van der Waals surface area contributed by atoms with E-state index in [0.717, 1.165) is 36.7 Å². The predicted octanol–water partition coefficient (Wildman–Crippen LogP) is 4.63. The molecule has 4 rings (SSSR count). The third kappa shape index (κ3) is 6.08. The Morgan fingerprint density at radius 1 is 0.853 bits per heavy atom. The van der Waals surface area contributed by atoms with E-state index in [0.29, 0.717) is 37.6 Å². The molecule has 0 spiro atoms. The number of amides is 1. The molecule has 0 aliphatic carbocycles. The Balaban J connectivity index is 1.40. The molecule has 0 unspecified atom stereocenters. The van der Waals surface area contributed by atoms with Crippen LogP contribution in [0.15, 0.2) is 72.8 Å². The monoisotopic (exact) mass is 460 g/mol. The maximum Gasteiger partial charge on any atom is 0.253 e. The average Bonchev–Trinajstić information content (AvgIpc) is 2.89. The summed E-state index contributed by atoms with van der Waals surface area (Å²) in [6.45, 7) is 6.87. The van der Waals surface area contributed by atoms with Gasteiger partial charge in [0.2, 0.25) is 0 Å². The number of nitrogens with zero attached hydrogens (tertiary/aromatic N) is 2. The highest BCUT2D eigenvalue weighted by Crippen LogP contribution is 2.25. The van der Waals surface area contributed by atoms with Gasteiger partial charge in [-0.25, -0.2) is 0 Å². The largest absolute Gasteiger partial charge is 0.497 e. The maximum atomic E-state index is 13.3. The van der Waals surface area contributed by atoms with Gasteiger partial charge in [0.05, 0.1) is 13.7 Å². The molecule has 178 valence electrons. The molecule has 6 heteroatoms. The number of piperazine rings is 1. The van der Waals surface area contributed by atoms with E-state index < -0.39 is 0 Å². The van der Waals surface area contributed by atoms with Crippen molar-refractivity contribution in [3.8, 4) is 17.2 Å². The summed E-state index contributed by atoms with van der Waals surface area (Å²) in [6.07, 6.45) is 0. The van der Waals surface area contributed by atoms with E-state index >= 15 is 0 Å². The van der Waals surface area contributed by atoms with Gasteiger partial charge >= 0.3 is 0 Å². The minimum atomic E-state index is 0.0463. The van der Waals surface area contributed by atoms with Crippen molar-refractivity contribution in [1.29, 1.82) is 0 Å². The third-order valence-corrected chi connectivity index (χ3v) is 5.95. The highest BCUT2D eigenvalue weighted by molar-refractivity contribution is 5.94. The highest BCUT2D eigenvalue weighted by atomic mass is 16.5. The van der Waals surface area contributed by atoms with Crippen molar-refractivity contribution in [2.24, 2.45) is 0 Å². The van der Waals surface area contributed by atoms with E-state index in [4.69, 9.17) is 14.2 Å². The molecule has 0 atom stereocenters. The van der Waals surface area contributed by atoms with Gasteiger partial charge in [0.25, 0.3) is 5.91 Å². The maximum absolute atomic E-state index is 13.3. The Bertz CT molecular complexity index is 1080. The quantitative estimate of drug-likeness (QED) is 0.466. The average molecular weight is 461 g/mol. The molecule has 1 saturated heterocycles. The van der Waals surface area contributed by atoms with Gasteiger partial charge in [0.1, 0.15) is 23.9 Å². The molecule has 1 aliphatic heterocycles. The lowest BCUT2D eigenvalue weighted by Gasteiger charge is -2.35. The van der Waals surface area contributed by atoms with Crippen molar-refractivity contribution in [2.75, 3.05) is 39.9 Å². The lowest BCUT2D eigenvalue weighted by Crippen LogP contribution is -2.48. The second-order valence-electron chi connectivity index (χ2n) is 8.28. The predicted molar refractivity (Wildman–Crippen MR) is 133 cm³/mol. The van der Waals surface area contributed by atoms with Crippen LogP contribution in [0.3, 0.4) is 0 Å². The second-order valence-corrected chi connectivity index (χ2v) is 8.28. The van der Waals surface area contributed by atoms with Gasteiger partial charge in [0, 0.05) is 49.9 Å². The summed E-state index contributed by atoms with van der Waals surface area (Å²) in [5, 5.41) is 0. The van der Waals surface area contributed by atoms with Gasteiger partial charge in [-0.15, -0.1) is 0 Å². The molecule has 1 heterocycles. The molecule has 0 N–H and O–H groups in total. The van der Waals surface area contributed by atoms with Crippen LogP contribution in [-0.4, -0.2) is 55.6 Å². The Labute approximate surface area is 201 Å². The van der Waals surface area contributed by atoms with Crippen molar-refractivity contribution in [2.45, 2.75) is 20.1 Å². The summed E-state index contributed by atoms with van der Waals surface area (Å²) in [4.78, 5) is 17.6. The van der Waals surface area contributed by atoms with Crippen molar-refractivity contribution >= 4 is 5.91 Å². The number of ether oxygens (including phenoxy) is 3. The summed E-state index contributed by atoms with van der Waals surface area (Å²) in [5.41, 5.74) is 2.80. The van der Waals surface area contributed by atoms with Gasteiger partial charge in [-0.2, -0.15) is 0 Å². The van der Waals surface area contributed by atoms with Gasteiger partial charge in [0.15, 0.2) is 0 Å². The standard InChI is InChI=1S/C28H32N2O4/c1-3-33-27-13-12-23(18-24(27)21-34-26-11-7-10-25(19-26)32-2)28(31)30-16-14-29(15-17-30)20-22-8-5-4-6-9-22/h4-13,18-19H,3,14-17,20-21H2,1-2H3. The third-order valence-electron chi connectivity index (χ3n) is 5.95. The van der Waals surface area contributed by atoms with Crippen molar-refractivity contribution in [1.82, 2.24) is 9.80 Å². The number of rotatable bonds is 9. The van der Waals surface area contributed by atoms with E-state index in [2.05, 4.69) is 29.2 Å². The topological polar surface area (TPSA) is 51.2 Å². The first-order valence-electron chi connectivity index (χ1n) is 11.7. The van der Waals surface area contributed by atoms with Gasteiger partial charge < -0.3 is 19.1 Å². The minimum absolute atomic E-state index is 0.0463. The van der Waals surface area contributed by atoms with Crippen molar-refractivity contribution < 1.29 is 19.0 Å². The van der Waals surface area contributed by atoms with Crippen LogP contribution >= 0.6 is 0 Å². The molecule has 0 aromatic heterocycles. The lowest BCUT2D eigenvalue weighted by molar-refractivity contribution is 0.0628. The molecule has 0 bridgehead atoms. The normalized spacial score (nSPS) is 14.0. The zero-order valence-corrected chi connectivity index (χ0v) is 19.9. The number of carbonyl (C=O) groups excluding carboxylic acids is 1. The summed E-state index contributed by atoms with van der Waals surface area (Å²) in [7, 11) is 1.63. The van der Waals surface area contributed by atoms with Gasteiger partial charge in [-0.05, 0) is 42.8 Å². The SMILES string of the molecule is CCOc1ccc(C(=O)N2CCN(Cc3ccccc3)CC2)cc1COc1cccc(OC)c1. The number of carbonyl (C=O) groups is 1. The molecule has 1 fully saturated rings. The number of methoxy groups -OCH3 is 1. The number of hydrogen-bond acceptors (Lipinski definition) is 5. The van der Waals surface area contributed by atoms with Crippen LogP contribution in [0.25, 0.3) is 0 Å². The minimum Gasteiger partial charge on any atom is -0.497 e. The smallest absolute Gasteiger partial charge is 0.253 e. The van der Waals surface area contributed by atoms with Crippen LogP contribution in [-0.2, 0) is 13.2 Å². The van der Waals surface area contributed by atoms with Crippen molar-refractivity contribution in [3.63, 3.8) is 0 Å². The van der Waals surface area contributed by atoms with Crippen LogP contribution in [0.4, 0.5) is 0 Å². The molecular formula is C28H32N2O4. The van der Waals surface area contributed by atoms with Crippen LogP contribution < -0.4 is 14.2 Å². The van der Waals surface area contributed by atoms with Gasteiger partial charge in [-0.3, -0.25) is 9.69 Å². The Hall–Kier alpha value is -3.51. The van der Waals surface area contributed by atoms with Crippen molar-refractivity contribution in [3.05, 3.63) is 89.5 Å². The molecule has 3 aromatic rings. The summed E-state index contributed by atoms with van der Waals surface area (Å²) < 4.78 is 17.0. The second kappa shape index (κ2) is 11.6. The molecule has 0 saturated carbocycles. The van der Waals surface area contributed by atoms with Crippen LogP contribution in [0, 0.1) is 0 Å². The zero-order chi connectivity index (χ0) is 23.8. The molecule has 6 nitrogen and oxygen atoms in total. The molecule has 34 heavy (non-hydrogen) atoms. The Kier molecular flexibility index (Phi) is 8.04. The van der Waals surface area contributed by atoms with E-state index in [1.807, 2.05) is 60.4 Å². The van der Waals surface area contributed by atoms with E-state index in [1.54, 1.807) is 7.11 Å². The van der Waals surface area contributed by atoms with Gasteiger partial charge in [-0.1, -0.05) is 36.4 Å². The summed E-state index contributed by atoms with van der Waals surface area (Å²) in [5.74, 6) is 2.21. The fraction of sp³-hybridized carbons (Fsp3) is 0.321. The zero-order valence-electron chi connectivity index (χ0n) is 19.9. The van der Waals surface area contributed by atoms with Crippen LogP contribution in [0.5, 0.6) is 17.2 Å². The summed E-state index contributed by atoms with van der Waals surface area (Å²) in [6, 6.07) is 23.5. The Morgan fingerprint density at radius 2 is 1.62 bits per heavy atom. The fourth-order valence-electron chi connectivity index (χ4n) is 4.11. The van der Waals surface area contributed by atoms with Crippen LogP contribution in [0.2, 0.25) is 0 Å². The highest BCUT2D eigenvalue weighted by Gasteiger charge is 2.23. The van der Waals surface area contributed by atoms with E-state index in [9.17, 15) is 4.79 Å². The number of benzene rings is 3. The molecular weight excluding hydrogens is 428 g/mol. The Morgan fingerprint density at radius 3 is 2.35 bits per heavy atom. The lowest BCUT2D eigenvalue weighted by atomic mass is 10.1. The molecule has 1 aliphatic rings. The van der Waals surface area contributed by atoms with E-state index in [-0.39, 0.29) is 5.91 Å². The number of hydrogen-bond donors (Lipinski definition) is 0. The summed E-state index contributed by atoms with van der Waals surface area (Å²) >= 11 is 0. The first kappa shape index (κ1) is 23.6. The molecule has 0 radical (unpaired) electrons.